The normalized spacial score (nSPS) is 10.2. The van der Waals surface area contributed by atoms with Gasteiger partial charge in [0.25, 0.3) is 0 Å². The molecule has 2 aromatic rings. The topological polar surface area (TPSA) is 35.5 Å². The second kappa shape index (κ2) is 7.48. The molecule has 2 rings (SSSR count). The maximum absolute atomic E-state index is 11.1. The molecule has 0 heterocycles. The Labute approximate surface area is 125 Å². The van der Waals surface area contributed by atoms with Crippen molar-refractivity contribution in [2.75, 3.05) is 7.11 Å². The highest BCUT2D eigenvalue weighted by molar-refractivity contribution is 5.75. The molecule has 0 aliphatic rings. The van der Waals surface area contributed by atoms with Crippen LogP contribution in [0.4, 0.5) is 0 Å². The van der Waals surface area contributed by atoms with Gasteiger partial charge in [-0.2, -0.15) is 0 Å². The third-order valence-corrected chi connectivity index (χ3v) is 3.23. The van der Waals surface area contributed by atoms with E-state index in [1.807, 2.05) is 48.5 Å². The molecule has 2 aromatic carbocycles. The summed E-state index contributed by atoms with van der Waals surface area (Å²) in [5.41, 5.74) is 2.18. The Morgan fingerprint density at radius 2 is 1.76 bits per heavy atom. The smallest absolute Gasteiger partial charge is 0.161 e. The van der Waals surface area contributed by atoms with Gasteiger partial charge in [-0.1, -0.05) is 36.4 Å². The molecular formula is C18H20O3. The fourth-order valence-corrected chi connectivity index (χ4v) is 2.05. The van der Waals surface area contributed by atoms with E-state index in [0.29, 0.717) is 24.5 Å². The van der Waals surface area contributed by atoms with E-state index in [2.05, 4.69) is 0 Å². The summed E-state index contributed by atoms with van der Waals surface area (Å²) in [4.78, 5) is 11.1. The molecule has 0 radical (unpaired) electrons. The van der Waals surface area contributed by atoms with Crippen LogP contribution >= 0.6 is 0 Å². The van der Waals surface area contributed by atoms with Crippen molar-refractivity contribution in [1.82, 2.24) is 0 Å². The second-order valence-electron chi connectivity index (χ2n) is 4.96. The van der Waals surface area contributed by atoms with Crippen LogP contribution in [0.2, 0.25) is 0 Å². The Morgan fingerprint density at radius 3 is 2.43 bits per heavy atom. The van der Waals surface area contributed by atoms with Crippen LogP contribution in [0.1, 0.15) is 24.5 Å². The fourth-order valence-electron chi connectivity index (χ4n) is 2.05. The van der Waals surface area contributed by atoms with Gasteiger partial charge in [0.2, 0.25) is 0 Å². The zero-order valence-electron chi connectivity index (χ0n) is 12.5. The molecule has 0 saturated carbocycles. The molecule has 0 spiro atoms. The third kappa shape index (κ3) is 4.63. The number of rotatable bonds is 7. The number of carbonyl (C=O) groups excluding carboxylic acids is 1. The molecule has 0 saturated heterocycles. The van der Waals surface area contributed by atoms with E-state index in [4.69, 9.17) is 9.47 Å². The van der Waals surface area contributed by atoms with Crippen LogP contribution in [0.25, 0.3) is 0 Å². The molecule has 0 amide bonds. The zero-order chi connectivity index (χ0) is 15.1. The average molecular weight is 284 g/mol. The highest BCUT2D eigenvalue weighted by atomic mass is 16.5. The lowest BCUT2D eigenvalue weighted by Crippen LogP contribution is -1.99. The van der Waals surface area contributed by atoms with Gasteiger partial charge >= 0.3 is 0 Å². The Hall–Kier alpha value is -2.29. The van der Waals surface area contributed by atoms with Gasteiger partial charge in [0.15, 0.2) is 11.5 Å². The molecule has 0 aromatic heterocycles. The Kier molecular flexibility index (Phi) is 5.38. The number of carbonyl (C=O) groups is 1. The number of ether oxygens (including phenoxy) is 2. The van der Waals surface area contributed by atoms with E-state index in [1.165, 1.54) is 0 Å². The molecule has 0 N–H and O–H groups in total. The van der Waals surface area contributed by atoms with Crippen LogP contribution in [-0.2, 0) is 17.8 Å². The van der Waals surface area contributed by atoms with Gasteiger partial charge in [0, 0.05) is 6.42 Å². The molecular weight excluding hydrogens is 264 g/mol. The minimum absolute atomic E-state index is 0.192. The van der Waals surface area contributed by atoms with E-state index < -0.39 is 0 Å². The van der Waals surface area contributed by atoms with Crippen molar-refractivity contribution in [3.63, 3.8) is 0 Å². The molecule has 0 bridgehead atoms. The van der Waals surface area contributed by atoms with Crippen LogP contribution in [-0.4, -0.2) is 12.9 Å². The monoisotopic (exact) mass is 284 g/mol. The largest absolute Gasteiger partial charge is 0.493 e. The molecule has 0 aliphatic carbocycles. The zero-order valence-corrected chi connectivity index (χ0v) is 12.5. The van der Waals surface area contributed by atoms with Crippen molar-refractivity contribution in [2.45, 2.75) is 26.4 Å². The molecule has 3 heteroatoms. The summed E-state index contributed by atoms with van der Waals surface area (Å²) >= 11 is 0. The lowest BCUT2D eigenvalue weighted by atomic mass is 10.1. The SMILES string of the molecule is COc1ccc(CCC(C)=O)cc1OCc1ccccc1. The Morgan fingerprint density at radius 1 is 1.00 bits per heavy atom. The number of ketones is 1. The number of aryl methyl sites for hydroxylation is 1. The van der Waals surface area contributed by atoms with Crippen molar-refractivity contribution in [3.05, 3.63) is 59.7 Å². The number of Topliss-reactive ketones (excluding diaryl/α,β-unsaturated/α-hetero) is 1. The lowest BCUT2D eigenvalue weighted by Gasteiger charge is -2.12. The highest BCUT2D eigenvalue weighted by Gasteiger charge is 2.07. The van der Waals surface area contributed by atoms with Crippen LogP contribution in [0, 0.1) is 0 Å². The van der Waals surface area contributed by atoms with Crippen molar-refractivity contribution < 1.29 is 14.3 Å². The summed E-state index contributed by atoms with van der Waals surface area (Å²) in [5, 5.41) is 0. The molecule has 3 nitrogen and oxygen atoms in total. The first-order chi connectivity index (χ1) is 10.2. The van der Waals surface area contributed by atoms with E-state index in [1.54, 1.807) is 14.0 Å². The molecule has 0 unspecified atom stereocenters. The van der Waals surface area contributed by atoms with Crippen LogP contribution in [0.15, 0.2) is 48.5 Å². The maximum Gasteiger partial charge on any atom is 0.161 e. The van der Waals surface area contributed by atoms with Gasteiger partial charge in [-0.15, -0.1) is 0 Å². The summed E-state index contributed by atoms with van der Waals surface area (Å²) in [5.74, 6) is 1.61. The minimum Gasteiger partial charge on any atom is -0.493 e. The van der Waals surface area contributed by atoms with Gasteiger partial charge in [0.05, 0.1) is 7.11 Å². The molecule has 0 fully saturated rings. The van der Waals surface area contributed by atoms with Gasteiger partial charge < -0.3 is 14.3 Å². The molecule has 110 valence electrons. The number of hydrogen-bond acceptors (Lipinski definition) is 3. The van der Waals surface area contributed by atoms with Gasteiger partial charge in [-0.05, 0) is 36.6 Å². The third-order valence-electron chi connectivity index (χ3n) is 3.23. The average Bonchev–Trinajstić information content (AvgIpc) is 2.52. The first-order valence-corrected chi connectivity index (χ1v) is 7.02. The Bertz CT molecular complexity index is 591. The fraction of sp³-hybridized carbons (Fsp3) is 0.278. The predicted molar refractivity (Wildman–Crippen MR) is 82.8 cm³/mol. The Balaban J connectivity index is 2.08. The van der Waals surface area contributed by atoms with Crippen molar-refractivity contribution in [3.8, 4) is 11.5 Å². The van der Waals surface area contributed by atoms with Gasteiger partial charge in [0.1, 0.15) is 12.4 Å². The molecule has 21 heavy (non-hydrogen) atoms. The number of hydrogen-bond donors (Lipinski definition) is 0. The van der Waals surface area contributed by atoms with Crippen molar-refractivity contribution >= 4 is 5.78 Å². The summed E-state index contributed by atoms with van der Waals surface area (Å²) in [6.07, 6.45) is 1.27. The van der Waals surface area contributed by atoms with Crippen LogP contribution < -0.4 is 9.47 Å². The summed E-state index contributed by atoms with van der Waals surface area (Å²) < 4.78 is 11.2. The summed E-state index contributed by atoms with van der Waals surface area (Å²) in [6.45, 7) is 2.10. The van der Waals surface area contributed by atoms with Gasteiger partial charge in [-0.25, -0.2) is 0 Å². The van der Waals surface area contributed by atoms with Crippen molar-refractivity contribution in [1.29, 1.82) is 0 Å². The van der Waals surface area contributed by atoms with Crippen LogP contribution in [0.5, 0.6) is 11.5 Å². The first kappa shape index (κ1) is 15.1. The first-order valence-electron chi connectivity index (χ1n) is 7.02. The molecule has 0 atom stereocenters. The minimum atomic E-state index is 0.192. The number of benzene rings is 2. The van der Waals surface area contributed by atoms with E-state index in [0.717, 1.165) is 17.5 Å². The summed E-state index contributed by atoms with van der Waals surface area (Å²) in [7, 11) is 1.62. The standard InChI is InChI=1S/C18H20O3/c1-14(19)8-9-15-10-11-17(20-2)18(12-15)21-13-16-6-4-3-5-7-16/h3-7,10-12H,8-9,13H2,1-2H3. The van der Waals surface area contributed by atoms with E-state index >= 15 is 0 Å². The molecule has 0 aliphatic heterocycles. The quantitative estimate of drug-likeness (QED) is 0.776. The maximum atomic E-state index is 11.1. The summed E-state index contributed by atoms with van der Waals surface area (Å²) in [6, 6.07) is 15.8. The highest BCUT2D eigenvalue weighted by Crippen LogP contribution is 2.29. The lowest BCUT2D eigenvalue weighted by molar-refractivity contribution is -0.116. The van der Waals surface area contributed by atoms with Crippen LogP contribution in [0.3, 0.4) is 0 Å². The number of methoxy groups -OCH3 is 1. The second-order valence-corrected chi connectivity index (χ2v) is 4.96. The van der Waals surface area contributed by atoms with Crippen molar-refractivity contribution in [2.24, 2.45) is 0 Å². The van der Waals surface area contributed by atoms with Gasteiger partial charge in [-0.3, -0.25) is 0 Å². The predicted octanol–water partition coefficient (Wildman–Crippen LogP) is 3.80. The van der Waals surface area contributed by atoms with E-state index in [-0.39, 0.29) is 5.78 Å². The van der Waals surface area contributed by atoms with E-state index in [9.17, 15) is 4.79 Å².